The molecule has 0 spiro atoms. The Kier molecular flexibility index (Phi) is 2.29. The van der Waals surface area contributed by atoms with Crippen LogP contribution in [0.4, 0.5) is 0 Å². The standard InChI is InChI=1S/C8H10O2S/c1-3-7-6(8(9)10)4-5(2)11-7/h4H,3H2,1-2H3,(H,9,10). The summed E-state index contributed by atoms with van der Waals surface area (Å²) in [5.41, 5.74) is 0.468. The Hall–Kier alpha value is -0.830. The molecule has 1 aromatic rings. The van der Waals surface area contributed by atoms with Gasteiger partial charge in [-0.2, -0.15) is 0 Å². The maximum Gasteiger partial charge on any atom is 0.336 e. The van der Waals surface area contributed by atoms with Crippen LogP contribution in [0.2, 0.25) is 0 Å². The summed E-state index contributed by atoms with van der Waals surface area (Å²) in [6, 6.07) is 1.73. The highest BCUT2D eigenvalue weighted by atomic mass is 32.1. The average Bonchev–Trinajstić information content (AvgIpc) is 2.30. The fourth-order valence-corrected chi connectivity index (χ4v) is 1.97. The lowest BCUT2D eigenvalue weighted by Crippen LogP contribution is -1.96. The first kappa shape index (κ1) is 8.27. The van der Waals surface area contributed by atoms with E-state index in [1.165, 1.54) is 0 Å². The summed E-state index contributed by atoms with van der Waals surface area (Å²) in [6.45, 7) is 3.90. The predicted octanol–water partition coefficient (Wildman–Crippen LogP) is 2.32. The van der Waals surface area contributed by atoms with E-state index in [9.17, 15) is 4.79 Å². The van der Waals surface area contributed by atoms with E-state index < -0.39 is 5.97 Å². The van der Waals surface area contributed by atoms with Crippen molar-refractivity contribution in [2.75, 3.05) is 0 Å². The van der Waals surface area contributed by atoms with Crippen LogP contribution < -0.4 is 0 Å². The van der Waals surface area contributed by atoms with Crippen LogP contribution in [0.1, 0.15) is 27.0 Å². The number of aromatic carboxylic acids is 1. The van der Waals surface area contributed by atoms with Crippen molar-refractivity contribution in [2.45, 2.75) is 20.3 Å². The molecule has 0 aliphatic heterocycles. The highest BCUT2D eigenvalue weighted by Crippen LogP contribution is 2.21. The second-order valence-electron chi connectivity index (χ2n) is 2.35. The molecule has 0 aliphatic carbocycles. The van der Waals surface area contributed by atoms with Gasteiger partial charge in [-0.05, 0) is 19.4 Å². The summed E-state index contributed by atoms with van der Waals surface area (Å²) < 4.78 is 0. The normalized spacial score (nSPS) is 10.0. The zero-order valence-electron chi connectivity index (χ0n) is 6.55. The minimum atomic E-state index is -0.814. The van der Waals surface area contributed by atoms with E-state index >= 15 is 0 Å². The van der Waals surface area contributed by atoms with Crippen molar-refractivity contribution in [2.24, 2.45) is 0 Å². The van der Waals surface area contributed by atoms with Gasteiger partial charge in [-0.3, -0.25) is 0 Å². The van der Waals surface area contributed by atoms with Gasteiger partial charge in [0.1, 0.15) is 0 Å². The van der Waals surface area contributed by atoms with Crippen molar-refractivity contribution in [3.63, 3.8) is 0 Å². The summed E-state index contributed by atoms with van der Waals surface area (Å²) in [7, 11) is 0. The van der Waals surface area contributed by atoms with Crippen LogP contribution in [0, 0.1) is 6.92 Å². The van der Waals surface area contributed by atoms with Gasteiger partial charge in [0.05, 0.1) is 5.56 Å². The van der Waals surface area contributed by atoms with Crippen LogP contribution in [0.5, 0.6) is 0 Å². The number of carboxylic acid groups (broad SMARTS) is 1. The topological polar surface area (TPSA) is 37.3 Å². The molecule has 0 atom stereocenters. The first-order valence-electron chi connectivity index (χ1n) is 3.47. The smallest absolute Gasteiger partial charge is 0.336 e. The molecule has 0 saturated carbocycles. The molecule has 0 bridgehead atoms. The molecule has 1 rings (SSSR count). The summed E-state index contributed by atoms with van der Waals surface area (Å²) in [4.78, 5) is 12.6. The Balaban J connectivity index is 3.12. The predicted molar refractivity (Wildman–Crippen MR) is 45.4 cm³/mol. The second kappa shape index (κ2) is 3.05. The third-order valence-electron chi connectivity index (χ3n) is 1.48. The third kappa shape index (κ3) is 1.60. The first-order valence-corrected chi connectivity index (χ1v) is 4.29. The first-order chi connectivity index (χ1) is 5.15. The monoisotopic (exact) mass is 170 g/mol. The summed E-state index contributed by atoms with van der Waals surface area (Å²) >= 11 is 1.56. The van der Waals surface area contributed by atoms with Gasteiger partial charge in [0.25, 0.3) is 0 Å². The molecule has 11 heavy (non-hydrogen) atoms. The Labute approximate surface area is 69.5 Å². The van der Waals surface area contributed by atoms with Gasteiger partial charge in [0.15, 0.2) is 0 Å². The van der Waals surface area contributed by atoms with Crippen molar-refractivity contribution >= 4 is 17.3 Å². The number of carboxylic acids is 1. The van der Waals surface area contributed by atoms with Crippen LogP contribution in [-0.4, -0.2) is 11.1 Å². The molecule has 1 heterocycles. The van der Waals surface area contributed by atoms with E-state index in [2.05, 4.69) is 0 Å². The Morgan fingerprint density at radius 1 is 1.73 bits per heavy atom. The van der Waals surface area contributed by atoms with Crippen molar-refractivity contribution in [1.29, 1.82) is 0 Å². The Bertz CT molecular complexity index is 276. The molecule has 2 nitrogen and oxygen atoms in total. The summed E-state index contributed by atoms with van der Waals surface area (Å²) in [5, 5.41) is 8.72. The fraction of sp³-hybridized carbons (Fsp3) is 0.375. The molecule has 0 saturated heterocycles. The van der Waals surface area contributed by atoms with Crippen molar-refractivity contribution in [3.05, 3.63) is 21.4 Å². The number of hydrogen-bond donors (Lipinski definition) is 1. The lowest BCUT2D eigenvalue weighted by molar-refractivity contribution is 0.0696. The highest BCUT2D eigenvalue weighted by molar-refractivity contribution is 7.12. The minimum Gasteiger partial charge on any atom is -0.478 e. The summed E-state index contributed by atoms with van der Waals surface area (Å²) in [6.07, 6.45) is 0.806. The molecule has 1 N–H and O–H groups in total. The molecule has 60 valence electrons. The second-order valence-corrected chi connectivity index (χ2v) is 3.69. The van der Waals surface area contributed by atoms with E-state index in [4.69, 9.17) is 5.11 Å². The molecule has 1 aromatic heterocycles. The van der Waals surface area contributed by atoms with E-state index in [0.717, 1.165) is 16.2 Å². The van der Waals surface area contributed by atoms with E-state index in [0.29, 0.717) is 5.56 Å². The highest BCUT2D eigenvalue weighted by Gasteiger charge is 2.10. The molecular weight excluding hydrogens is 160 g/mol. The molecule has 0 fully saturated rings. The molecule has 0 radical (unpaired) electrons. The lowest BCUT2D eigenvalue weighted by atomic mass is 10.2. The van der Waals surface area contributed by atoms with Gasteiger partial charge < -0.3 is 5.11 Å². The Morgan fingerprint density at radius 3 is 2.73 bits per heavy atom. The van der Waals surface area contributed by atoms with E-state index in [1.54, 1.807) is 17.4 Å². The maximum absolute atomic E-state index is 10.6. The van der Waals surface area contributed by atoms with Crippen LogP contribution in [0.25, 0.3) is 0 Å². The van der Waals surface area contributed by atoms with Crippen molar-refractivity contribution in [3.8, 4) is 0 Å². The number of carbonyl (C=O) groups is 1. The van der Waals surface area contributed by atoms with E-state index in [-0.39, 0.29) is 0 Å². The van der Waals surface area contributed by atoms with Gasteiger partial charge in [0, 0.05) is 9.75 Å². The molecule has 3 heteroatoms. The SMILES string of the molecule is CCc1sc(C)cc1C(=O)O. The lowest BCUT2D eigenvalue weighted by Gasteiger charge is -1.91. The summed E-state index contributed by atoms with van der Waals surface area (Å²) in [5.74, 6) is -0.814. The van der Waals surface area contributed by atoms with Crippen LogP contribution in [0.15, 0.2) is 6.07 Å². The number of thiophene rings is 1. The number of hydrogen-bond acceptors (Lipinski definition) is 2. The fourth-order valence-electron chi connectivity index (χ4n) is 1.01. The van der Waals surface area contributed by atoms with Gasteiger partial charge in [-0.1, -0.05) is 6.92 Å². The van der Waals surface area contributed by atoms with Gasteiger partial charge in [-0.25, -0.2) is 4.79 Å². The van der Waals surface area contributed by atoms with Crippen molar-refractivity contribution < 1.29 is 9.90 Å². The maximum atomic E-state index is 10.6. The van der Waals surface area contributed by atoms with Gasteiger partial charge >= 0.3 is 5.97 Å². The van der Waals surface area contributed by atoms with Crippen molar-refractivity contribution in [1.82, 2.24) is 0 Å². The quantitative estimate of drug-likeness (QED) is 0.739. The molecule has 0 amide bonds. The minimum absolute atomic E-state index is 0.468. The molecule has 0 unspecified atom stereocenters. The number of aryl methyl sites for hydroxylation is 2. The zero-order chi connectivity index (χ0) is 8.43. The van der Waals surface area contributed by atoms with Gasteiger partial charge in [-0.15, -0.1) is 11.3 Å². The van der Waals surface area contributed by atoms with Crippen LogP contribution in [-0.2, 0) is 6.42 Å². The average molecular weight is 170 g/mol. The Morgan fingerprint density at radius 2 is 2.36 bits per heavy atom. The molecule has 0 aromatic carbocycles. The number of rotatable bonds is 2. The zero-order valence-corrected chi connectivity index (χ0v) is 7.36. The third-order valence-corrected chi connectivity index (χ3v) is 2.68. The van der Waals surface area contributed by atoms with E-state index in [1.807, 2.05) is 13.8 Å². The van der Waals surface area contributed by atoms with Crippen LogP contribution >= 0.6 is 11.3 Å². The van der Waals surface area contributed by atoms with Crippen LogP contribution in [0.3, 0.4) is 0 Å². The molecular formula is C8H10O2S. The largest absolute Gasteiger partial charge is 0.478 e. The van der Waals surface area contributed by atoms with Gasteiger partial charge in [0.2, 0.25) is 0 Å². The molecule has 0 aliphatic rings.